The molecular weight excluding hydrogens is 387 g/mol. The lowest BCUT2D eigenvalue weighted by Gasteiger charge is -2.31. The number of nitrogens with zero attached hydrogens (tertiary/aromatic N) is 1. The highest BCUT2D eigenvalue weighted by Gasteiger charge is 2.31. The SMILES string of the molecule is COC1CCN(C(=O)c2cc(S(=O)(=O)NC3CC3)c(Cl)cc2Cl)CC1. The Bertz CT molecular complexity index is 773. The van der Waals surface area contributed by atoms with Gasteiger partial charge in [0.1, 0.15) is 4.90 Å². The molecule has 1 aliphatic heterocycles. The zero-order chi connectivity index (χ0) is 18.2. The van der Waals surface area contributed by atoms with E-state index < -0.39 is 10.0 Å². The first-order valence-electron chi connectivity index (χ1n) is 8.15. The molecule has 0 radical (unpaired) electrons. The molecule has 1 aromatic carbocycles. The number of methoxy groups -OCH3 is 1. The van der Waals surface area contributed by atoms with Gasteiger partial charge in [0.15, 0.2) is 0 Å². The van der Waals surface area contributed by atoms with Crippen molar-refractivity contribution in [3.63, 3.8) is 0 Å². The quantitative estimate of drug-likeness (QED) is 0.815. The number of amides is 1. The number of rotatable bonds is 5. The zero-order valence-corrected chi connectivity index (χ0v) is 16.1. The van der Waals surface area contributed by atoms with E-state index in [4.69, 9.17) is 27.9 Å². The van der Waals surface area contributed by atoms with E-state index >= 15 is 0 Å². The molecule has 1 N–H and O–H groups in total. The van der Waals surface area contributed by atoms with Crippen LogP contribution in [0.5, 0.6) is 0 Å². The van der Waals surface area contributed by atoms with Crippen molar-refractivity contribution in [1.29, 1.82) is 0 Å². The lowest BCUT2D eigenvalue weighted by molar-refractivity contribution is 0.0351. The van der Waals surface area contributed by atoms with Gasteiger partial charge in [0.05, 0.1) is 21.7 Å². The summed E-state index contributed by atoms with van der Waals surface area (Å²) in [4.78, 5) is 14.3. The van der Waals surface area contributed by atoms with Gasteiger partial charge in [-0.15, -0.1) is 0 Å². The van der Waals surface area contributed by atoms with Gasteiger partial charge in [0.2, 0.25) is 10.0 Å². The number of carbonyl (C=O) groups excluding carboxylic acids is 1. The Morgan fingerprint density at radius 2 is 1.80 bits per heavy atom. The fourth-order valence-corrected chi connectivity index (χ4v) is 5.01. The Morgan fingerprint density at radius 3 is 2.36 bits per heavy atom. The van der Waals surface area contributed by atoms with Crippen molar-refractivity contribution in [2.45, 2.75) is 42.7 Å². The molecule has 1 saturated heterocycles. The molecule has 1 aliphatic carbocycles. The van der Waals surface area contributed by atoms with Gasteiger partial charge in [-0.1, -0.05) is 23.2 Å². The Kier molecular flexibility index (Phi) is 5.60. The molecule has 9 heteroatoms. The standard InChI is InChI=1S/C16H20Cl2N2O4S/c1-24-11-4-6-20(7-5-11)16(21)12-8-15(14(18)9-13(12)17)25(22,23)19-10-2-3-10/h8-11,19H,2-7H2,1H3. The summed E-state index contributed by atoms with van der Waals surface area (Å²) < 4.78 is 32.8. The van der Waals surface area contributed by atoms with Gasteiger partial charge >= 0.3 is 0 Å². The minimum atomic E-state index is -3.78. The molecule has 138 valence electrons. The third kappa shape index (κ3) is 4.28. The number of benzene rings is 1. The lowest BCUT2D eigenvalue weighted by atomic mass is 10.1. The van der Waals surface area contributed by atoms with Crippen LogP contribution in [0.3, 0.4) is 0 Å². The summed E-state index contributed by atoms with van der Waals surface area (Å²) >= 11 is 12.2. The van der Waals surface area contributed by atoms with Crippen molar-refractivity contribution in [2.24, 2.45) is 0 Å². The second-order valence-corrected chi connectivity index (χ2v) is 8.88. The van der Waals surface area contributed by atoms with Gasteiger partial charge in [-0.3, -0.25) is 4.79 Å². The average Bonchev–Trinajstić information content (AvgIpc) is 3.37. The summed E-state index contributed by atoms with van der Waals surface area (Å²) in [6, 6.07) is 2.55. The van der Waals surface area contributed by atoms with Gasteiger partial charge in [-0.2, -0.15) is 0 Å². The molecule has 2 fully saturated rings. The molecule has 1 heterocycles. The maximum atomic E-state index is 12.8. The topological polar surface area (TPSA) is 75.7 Å². The second kappa shape index (κ2) is 7.40. The normalized spacial score (nSPS) is 19.2. The van der Waals surface area contributed by atoms with E-state index in [9.17, 15) is 13.2 Å². The lowest BCUT2D eigenvalue weighted by Crippen LogP contribution is -2.40. The Balaban J connectivity index is 1.86. The van der Waals surface area contributed by atoms with Gasteiger partial charge in [0, 0.05) is 26.2 Å². The molecule has 3 rings (SSSR count). The monoisotopic (exact) mass is 406 g/mol. The number of likely N-dealkylation sites (tertiary alicyclic amines) is 1. The van der Waals surface area contributed by atoms with Crippen LogP contribution in [0.15, 0.2) is 17.0 Å². The van der Waals surface area contributed by atoms with Crippen molar-refractivity contribution >= 4 is 39.1 Å². The molecule has 0 aromatic heterocycles. The van der Waals surface area contributed by atoms with Crippen LogP contribution in [0, 0.1) is 0 Å². The summed E-state index contributed by atoms with van der Waals surface area (Å²) in [5, 5.41) is 0.155. The number of carbonyl (C=O) groups is 1. The third-order valence-electron chi connectivity index (χ3n) is 4.50. The van der Waals surface area contributed by atoms with Crippen LogP contribution in [-0.2, 0) is 14.8 Å². The molecular formula is C16H20Cl2N2O4S. The minimum Gasteiger partial charge on any atom is -0.381 e. The zero-order valence-electron chi connectivity index (χ0n) is 13.8. The molecule has 25 heavy (non-hydrogen) atoms. The van der Waals surface area contributed by atoms with Gasteiger partial charge < -0.3 is 9.64 Å². The fourth-order valence-electron chi connectivity index (χ4n) is 2.85. The van der Waals surface area contributed by atoms with E-state index in [0.717, 1.165) is 25.7 Å². The van der Waals surface area contributed by atoms with E-state index in [1.807, 2.05) is 0 Å². The molecule has 0 atom stereocenters. The number of hydrogen-bond acceptors (Lipinski definition) is 4. The van der Waals surface area contributed by atoms with Crippen LogP contribution in [0.2, 0.25) is 10.0 Å². The summed E-state index contributed by atoms with van der Waals surface area (Å²) in [6.07, 6.45) is 3.24. The van der Waals surface area contributed by atoms with Crippen LogP contribution >= 0.6 is 23.2 Å². The van der Waals surface area contributed by atoms with Crippen molar-refractivity contribution < 1.29 is 17.9 Å². The summed E-state index contributed by atoms with van der Waals surface area (Å²) in [6.45, 7) is 1.08. The number of halogens is 2. The molecule has 2 aliphatic rings. The van der Waals surface area contributed by atoms with Gasteiger partial charge in [-0.25, -0.2) is 13.1 Å². The highest BCUT2D eigenvalue weighted by molar-refractivity contribution is 7.89. The van der Waals surface area contributed by atoms with E-state index in [2.05, 4.69) is 4.72 Å². The van der Waals surface area contributed by atoms with Crippen LogP contribution in [0.1, 0.15) is 36.0 Å². The van der Waals surface area contributed by atoms with Crippen molar-refractivity contribution in [3.8, 4) is 0 Å². The minimum absolute atomic E-state index is 0.00721. The van der Waals surface area contributed by atoms with E-state index in [-0.39, 0.29) is 38.6 Å². The highest BCUT2D eigenvalue weighted by atomic mass is 35.5. The number of nitrogens with one attached hydrogen (secondary N) is 1. The Hall–Kier alpha value is -0.860. The Labute approximate surface area is 157 Å². The molecule has 1 aromatic rings. The molecule has 1 amide bonds. The van der Waals surface area contributed by atoms with Crippen LogP contribution < -0.4 is 4.72 Å². The van der Waals surface area contributed by atoms with Gasteiger partial charge in [-0.05, 0) is 37.8 Å². The van der Waals surface area contributed by atoms with Crippen molar-refractivity contribution in [1.82, 2.24) is 9.62 Å². The first kappa shape index (κ1) is 18.9. The van der Waals surface area contributed by atoms with Gasteiger partial charge in [0.25, 0.3) is 5.91 Å². The fraction of sp³-hybridized carbons (Fsp3) is 0.562. The number of hydrogen-bond donors (Lipinski definition) is 1. The maximum Gasteiger partial charge on any atom is 0.255 e. The number of sulfonamides is 1. The van der Waals surface area contributed by atoms with Crippen LogP contribution in [0.4, 0.5) is 0 Å². The van der Waals surface area contributed by atoms with Crippen LogP contribution in [-0.4, -0.2) is 51.6 Å². The predicted molar refractivity (Wildman–Crippen MR) is 95.7 cm³/mol. The first-order chi connectivity index (χ1) is 11.8. The summed E-state index contributed by atoms with van der Waals surface area (Å²) in [5.41, 5.74) is 0.151. The molecule has 0 unspecified atom stereocenters. The Morgan fingerprint density at radius 1 is 1.16 bits per heavy atom. The average molecular weight is 407 g/mol. The maximum absolute atomic E-state index is 12.8. The second-order valence-electron chi connectivity index (χ2n) is 6.39. The number of piperidine rings is 1. The molecule has 0 bridgehead atoms. The van der Waals surface area contributed by atoms with E-state index in [1.54, 1.807) is 12.0 Å². The van der Waals surface area contributed by atoms with Crippen molar-refractivity contribution in [2.75, 3.05) is 20.2 Å². The van der Waals surface area contributed by atoms with E-state index in [0.29, 0.717) is 13.1 Å². The number of ether oxygens (including phenoxy) is 1. The smallest absolute Gasteiger partial charge is 0.255 e. The molecule has 0 spiro atoms. The van der Waals surface area contributed by atoms with Crippen LogP contribution in [0.25, 0.3) is 0 Å². The molecule has 6 nitrogen and oxygen atoms in total. The predicted octanol–water partition coefficient (Wildman–Crippen LogP) is 2.69. The molecule has 1 saturated carbocycles. The summed E-state index contributed by atoms with van der Waals surface area (Å²) in [7, 11) is -2.12. The largest absolute Gasteiger partial charge is 0.381 e. The summed E-state index contributed by atoms with van der Waals surface area (Å²) in [5.74, 6) is -0.293. The highest BCUT2D eigenvalue weighted by Crippen LogP contribution is 2.31. The van der Waals surface area contributed by atoms with E-state index in [1.165, 1.54) is 12.1 Å². The third-order valence-corrected chi connectivity index (χ3v) is 6.80. The van der Waals surface area contributed by atoms with Crippen molar-refractivity contribution in [3.05, 3.63) is 27.7 Å². The first-order valence-corrected chi connectivity index (χ1v) is 10.4.